The highest BCUT2D eigenvalue weighted by molar-refractivity contribution is 6.42. The van der Waals surface area contributed by atoms with Crippen LogP contribution in [0.25, 0.3) is 0 Å². The molecule has 1 aromatic heterocycles. The summed E-state index contributed by atoms with van der Waals surface area (Å²) < 4.78 is 7.27. The first-order chi connectivity index (χ1) is 11.9. The maximum atomic E-state index is 12.3. The van der Waals surface area contributed by atoms with Crippen LogP contribution < -0.4 is 10.6 Å². The minimum absolute atomic E-state index is 0.00612. The number of benzene rings is 1. The SMILES string of the molecule is CCOC(c1ccc(Cl)c(Cl)c1)n1cnc(C(=O)NC)c1C(=O)NC. The molecule has 9 heteroatoms. The Morgan fingerprint density at radius 3 is 2.44 bits per heavy atom. The molecule has 0 saturated carbocycles. The van der Waals surface area contributed by atoms with Gasteiger partial charge in [0.2, 0.25) is 0 Å². The van der Waals surface area contributed by atoms with Crippen molar-refractivity contribution in [3.63, 3.8) is 0 Å². The maximum absolute atomic E-state index is 12.3. The van der Waals surface area contributed by atoms with Gasteiger partial charge in [-0.2, -0.15) is 0 Å². The summed E-state index contributed by atoms with van der Waals surface area (Å²) in [6.07, 6.45) is 0.691. The molecule has 1 aromatic carbocycles. The number of aromatic nitrogens is 2. The van der Waals surface area contributed by atoms with E-state index in [1.807, 2.05) is 6.92 Å². The van der Waals surface area contributed by atoms with E-state index in [-0.39, 0.29) is 11.4 Å². The minimum Gasteiger partial charge on any atom is -0.354 e. The minimum atomic E-state index is -0.696. The quantitative estimate of drug-likeness (QED) is 0.800. The topological polar surface area (TPSA) is 85.2 Å². The average molecular weight is 385 g/mol. The summed E-state index contributed by atoms with van der Waals surface area (Å²) in [6, 6.07) is 5.03. The first kappa shape index (κ1) is 19.2. The van der Waals surface area contributed by atoms with Gasteiger partial charge in [0.25, 0.3) is 11.8 Å². The number of hydrogen-bond donors (Lipinski definition) is 2. The molecule has 0 fully saturated rings. The standard InChI is InChI=1S/C16H18Cl2N4O3/c1-4-25-16(9-5-6-10(17)11(18)7-9)22-8-21-12(14(23)19-2)13(22)15(24)20-3/h5-8,16H,4H2,1-3H3,(H,19,23)(H,20,24). The maximum Gasteiger partial charge on any atom is 0.272 e. The number of carbonyl (C=O) groups is 2. The molecule has 0 aliphatic carbocycles. The number of nitrogens with zero attached hydrogens (tertiary/aromatic N) is 2. The highest BCUT2D eigenvalue weighted by Crippen LogP contribution is 2.29. The van der Waals surface area contributed by atoms with Crippen molar-refractivity contribution in [1.82, 2.24) is 20.2 Å². The summed E-state index contributed by atoms with van der Waals surface area (Å²) in [6.45, 7) is 2.19. The van der Waals surface area contributed by atoms with Crippen LogP contribution in [-0.4, -0.2) is 42.1 Å². The Balaban J connectivity index is 2.61. The van der Waals surface area contributed by atoms with E-state index in [0.717, 1.165) is 0 Å². The van der Waals surface area contributed by atoms with E-state index in [1.54, 1.807) is 18.2 Å². The highest BCUT2D eigenvalue weighted by atomic mass is 35.5. The van der Waals surface area contributed by atoms with Gasteiger partial charge in [0.05, 0.1) is 16.4 Å². The molecule has 1 heterocycles. The third-order valence-electron chi connectivity index (χ3n) is 3.48. The number of amides is 2. The van der Waals surface area contributed by atoms with E-state index in [9.17, 15) is 9.59 Å². The molecule has 134 valence electrons. The molecule has 2 aromatic rings. The fourth-order valence-electron chi connectivity index (χ4n) is 2.33. The summed E-state index contributed by atoms with van der Waals surface area (Å²) in [5, 5.41) is 5.75. The van der Waals surface area contributed by atoms with E-state index >= 15 is 0 Å². The van der Waals surface area contributed by atoms with Gasteiger partial charge in [-0.15, -0.1) is 0 Å². The van der Waals surface area contributed by atoms with Gasteiger partial charge >= 0.3 is 0 Å². The Bertz CT molecular complexity index is 792. The predicted molar refractivity (Wildman–Crippen MR) is 95.2 cm³/mol. The zero-order valence-corrected chi connectivity index (χ0v) is 15.5. The number of nitrogens with one attached hydrogen (secondary N) is 2. The first-order valence-electron chi connectivity index (χ1n) is 7.52. The van der Waals surface area contributed by atoms with Crippen LogP contribution in [0.1, 0.15) is 39.7 Å². The summed E-state index contributed by atoms with van der Waals surface area (Å²) in [5.74, 6) is -0.928. The van der Waals surface area contributed by atoms with E-state index in [4.69, 9.17) is 27.9 Å². The second-order valence-electron chi connectivity index (χ2n) is 4.99. The zero-order valence-electron chi connectivity index (χ0n) is 14.0. The van der Waals surface area contributed by atoms with E-state index < -0.39 is 18.0 Å². The van der Waals surface area contributed by atoms with Crippen molar-refractivity contribution in [2.45, 2.75) is 13.2 Å². The molecule has 25 heavy (non-hydrogen) atoms. The molecule has 0 saturated heterocycles. The average Bonchev–Trinajstić information content (AvgIpc) is 3.05. The number of imidazole rings is 1. The molecule has 2 N–H and O–H groups in total. The van der Waals surface area contributed by atoms with Gasteiger partial charge in [0.1, 0.15) is 5.69 Å². The van der Waals surface area contributed by atoms with E-state index in [2.05, 4.69) is 15.6 Å². The van der Waals surface area contributed by atoms with Crippen molar-refractivity contribution < 1.29 is 14.3 Å². The number of ether oxygens (including phenoxy) is 1. The summed E-state index contributed by atoms with van der Waals surface area (Å²) in [5.41, 5.74) is 0.764. The van der Waals surface area contributed by atoms with Gasteiger partial charge in [0.15, 0.2) is 11.9 Å². The first-order valence-corrected chi connectivity index (χ1v) is 8.27. The smallest absolute Gasteiger partial charge is 0.272 e. The third kappa shape index (κ3) is 3.95. The molecular formula is C16H18Cl2N4O3. The lowest BCUT2D eigenvalue weighted by Gasteiger charge is -2.21. The monoisotopic (exact) mass is 384 g/mol. The van der Waals surface area contributed by atoms with E-state index in [1.165, 1.54) is 25.0 Å². The normalized spacial score (nSPS) is 11.9. The van der Waals surface area contributed by atoms with Crippen LogP contribution in [0.15, 0.2) is 24.5 Å². The van der Waals surface area contributed by atoms with Crippen LogP contribution in [0.2, 0.25) is 10.0 Å². The van der Waals surface area contributed by atoms with Gasteiger partial charge in [0, 0.05) is 26.3 Å². The lowest BCUT2D eigenvalue weighted by Crippen LogP contribution is -2.29. The van der Waals surface area contributed by atoms with E-state index in [0.29, 0.717) is 22.2 Å². The highest BCUT2D eigenvalue weighted by Gasteiger charge is 2.27. The summed E-state index contributed by atoms with van der Waals surface area (Å²) >= 11 is 12.1. The summed E-state index contributed by atoms with van der Waals surface area (Å²) in [4.78, 5) is 28.5. The number of carbonyl (C=O) groups excluding carboxylic acids is 2. The lowest BCUT2D eigenvalue weighted by atomic mass is 10.2. The number of rotatable bonds is 6. The van der Waals surface area contributed by atoms with Crippen molar-refractivity contribution >= 4 is 35.0 Å². The van der Waals surface area contributed by atoms with Crippen LogP contribution in [0.4, 0.5) is 0 Å². The predicted octanol–water partition coefficient (Wildman–Crippen LogP) is 2.49. The molecule has 0 radical (unpaired) electrons. The number of hydrogen-bond acceptors (Lipinski definition) is 4. The van der Waals surface area contributed by atoms with Crippen LogP contribution in [-0.2, 0) is 4.74 Å². The van der Waals surface area contributed by atoms with Gasteiger partial charge in [-0.3, -0.25) is 14.2 Å². The Morgan fingerprint density at radius 1 is 1.20 bits per heavy atom. The molecule has 1 atom stereocenters. The Labute approximate surface area is 155 Å². The molecule has 0 bridgehead atoms. The Hall–Kier alpha value is -2.09. The Kier molecular flexibility index (Phi) is 6.41. The van der Waals surface area contributed by atoms with Gasteiger partial charge in [-0.25, -0.2) is 4.98 Å². The lowest BCUT2D eigenvalue weighted by molar-refractivity contribution is 0.0384. The molecular weight excluding hydrogens is 367 g/mol. The fraction of sp³-hybridized carbons (Fsp3) is 0.312. The molecule has 0 spiro atoms. The fourth-order valence-corrected chi connectivity index (χ4v) is 2.63. The zero-order chi connectivity index (χ0) is 18.6. The van der Waals surface area contributed by atoms with Crippen LogP contribution in [0.5, 0.6) is 0 Å². The van der Waals surface area contributed by atoms with Crippen LogP contribution >= 0.6 is 23.2 Å². The molecule has 7 nitrogen and oxygen atoms in total. The van der Waals surface area contributed by atoms with Crippen LogP contribution in [0, 0.1) is 0 Å². The third-order valence-corrected chi connectivity index (χ3v) is 4.22. The van der Waals surface area contributed by atoms with Gasteiger partial charge in [-0.1, -0.05) is 29.3 Å². The van der Waals surface area contributed by atoms with Gasteiger partial charge < -0.3 is 15.4 Å². The van der Waals surface area contributed by atoms with Crippen molar-refractivity contribution in [2.75, 3.05) is 20.7 Å². The molecule has 1 unspecified atom stereocenters. The Morgan fingerprint density at radius 2 is 1.88 bits per heavy atom. The second kappa shape index (κ2) is 8.33. The van der Waals surface area contributed by atoms with Crippen LogP contribution in [0.3, 0.4) is 0 Å². The van der Waals surface area contributed by atoms with Gasteiger partial charge in [-0.05, 0) is 19.1 Å². The molecule has 2 rings (SSSR count). The molecule has 0 aliphatic heterocycles. The second-order valence-corrected chi connectivity index (χ2v) is 5.80. The van der Waals surface area contributed by atoms with Crippen molar-refractivity contribution in [3.8, 4) is 0 Å². The molecule has 0 aliphatic rings. The van der Waals surface area contributed by atoms with Crippen molar-refractivity contribution in [1.29, 1.82) is 0 Å². The molecule has 2 amide bonds. The van der Waals surface area contributed by atoms with Crippen molar-refractivity contribution in [3.05, 3.63) is 51.5 Å². The van der Waals surface area contributed by atoms with Crippen molar-refractivity contribution in [2.24, 2.45) is 0 Å². The summed E-state index contributed by atoms with van der Waals surface area (Å²) in [7, 11) is 2.94. The number of halogens is 2. The largest absolute Gasteiger partial charge is 0.354 e.